The third-order valence-electron chi connectivity index (χ3n) is 3.99. The Balaban J connectivity index is 1.75. The molecule has 6 heteroatoms. The van der Waals surface area contributed by atoms with Crippen molar-refractivity contribution in [3.05, 3.63) is 64.1 Å². The largest absolute Gasteiger partial charge is 0.505 e. The summed E-state index contributed by atoms with van der Waals surface area (Å²) in [5, 5.41) is 10.6. The Hall–Kier alpha value is -2.60. The van der Waals surface area contributed by atoms with Gasteiger partial charge < -0.3 is 14.8 Å². The van der Waals surface area contributed by atoms with Gasteiger partial charge in [-0.05, 0) is 29.8 Å². The quantitative estimate of drug-likeness (QED) is 0.714. The van der Waals surface area contributed by atoms with Crippen molar-refractivity contribution < 1.29 is 9.84 Å². The lowest BCUT2D eigenvalue weighted by molar-refractivity contribution is 0.415. The second-order valence-electron chi connectivity index (χ2n) is 5.47. The highest BCUT2D eigenvalue weighted by Gasteiger charge is 2.24. The van der Waals surface area contributed by atoms with Crippen molar-refractivity contribution in [1.29, 1.82) is 0 Å². The number of aliphatic hydroxyl groups is 1. The topological polar surface area (TPSA) is 70.5 Å². The van der Waals surface area contributed by atoms with E-state index in [-0.39, 0.29) is 5.76 Å². The van der Waals surface area contributed by atoms with E-state index in [0.29, 0.717) is 18.1 Å². The molecule has 4 rings (SSSR count). The van der Waals surface area contributed by atoms with Gasteiger partial charge >= 0.3 is 0 Å². The number of aromatic nitrogens is 2. The maximum atomic E-state index is 10.6. The Kier molecular flexibility index (Phi) is 3.61. The van der Waals surface area contributed by atoms with Crippen LogP contribution in [0.25, 0.3) is 16.6 Å². The molecule has 24 heavy (non-hydrogen) atoms. The number of benzene rings is 2. The monoisotopic (exact) mass is 383 g/mol. The van der Waals surface area contributed by atoms with Crippen molar-refractivity contribution >= 4 is 38.2 Å². The highest BCUT2D eigenvalue weighted by atomic mass is 79.9. The first-order valence-corrected chi connectivity index (χ1v) is 8.22. The van der Waals surface area contributed by atoms with Crippen LogP contribution in [0.15, 0.2) is 57.7 Å². The Morgan fingerprint density at radius 1 is 1.21 bits per heavy atom. The SMILES string of the molecule is COc1ccc2nc(C3=NCC(c4cccc(Br)c4)=C3O)[nH]c2c1. The van der Waals surface area contributed by atoms with Gasteiger partial charge in [0.15, 0.2) is 5.82 Å². The molecule has 0 spiro atoms. The van der Waals surface area contributed by atoms with Crippen molar-refractivity contribution in [2.75, 3.05) is 13.7 Å². The number of nitrogens with one attached hydrogen (secondary N) is 1. The minimum absolute atomic E-state index is 0.166. The number of methoxy groups -OCH3 is 1. The third kappa shape index (κ3) is 2.49. The standard InChI is InChI=1S/C18H14BrN3O2/c1-24-12-5-6-14-15(8-12)22-18(21-14)16-17(23)13(9-20-16)10-3-2-4-11(19)7-10/h2-8,23H,9H2,1H3,(H,21,22). The van der Waals surface area contributed by atoms with Crippen LogP contribution in [-0.4, -0.2) is 34.4 Å². The molecule has 0 unspecified atom stereocenters. The molecule has 2 aromatic carbocycles. The Bertz CT molecular complexity index is 1000. The minimum Gasteiger partial charge on any atom is -0.505 e. The smallest absolute Gasteiger partial charge is 0.160 e. The molecule has 1 aromatic heterocycles. The number of allylic oxidation sites excluding steroid dienone is 1. The lowest BCUT2D eigenvalue weighted by Crippen LogP contribution is -2.04. The lowest BCUT2D eigenvalue weighted by Gasteiger charge is -2.03. The van der Waals surface area contributed by atoms with Gasteiger partial charge in [0.1, 0.15) is 17.2 Å². The molecule has 0 aliphatic carbocycles. The molecule has 3 aromatic rings. The third-order valence-corrected chi connectivity index (χ3v) is 4.49. The van der Waals surface area contributed by atoms with Crippen LogP contribution in [0.1, 0.15) is 11.4 Å². The predicted molar refractivity (Wildman–Crippen MR) is 97.7 cm³/mol. The fourth-order valence-corrected chi connectivity index (χ4v) is 3.17. The number of hydrogen-bond acceptors (Lipinski definition) is 4. The van der Waals surface area contributed by atoms with E-state index in [1.54, 1.807) is 7.11 Å². The summed E-state index contributed by atoms with van der Waals surface area (Å²) in [4.78, 5) is 12.2. The van der Waals surface area contributed by atoms with Gasteiger partial charge in [-0.3, -0.25) is 4.99 Å². The van der Waals surface area contributed by atoms with Crippen LogP contribution < -0.4 is 4.74 Å². The Morgan fingerprint density at radius 3 is 2.88 bits per heavy atom. The van der Waals surface area contributed by atoms with Crippen LogP contribution in [-0.2, 0) is 0 Å². The van der Waals surface area contributed by atoms with E-state index in [4.69, 9.17) is 4.74 Å². The fourth-order valence-electron chi connectivity index (χ4n) is 2.77. The van der Waals surface area contributed by atoms with Crippen molar-refractivity contribution in [2.24, 2.45) is 4.99 Å². The summed E-state index contributed by atoms with van der Waals surface area (Å²) in [5.41, 5.74) is 3.87. The molecule has 0 atom stereocenters. The molecule has 0 radical (unpaired) electrons. The molecule has 120 valence electrons. The second kappa shape index (κ2) is 5.79. The molecule has 1 aliphatic rings. The molecule has 2 heterocycles. The number of nitrogens with zero attached hydrogens (tertiary/aromatic N) is 2. The maximum absolute atomic E-state index is 10.6. The number of hydrogen-bond donors (Lipinski definition) is 2. The number of H-pyrrole nitrogens is 1. The molecular weight excluding hydrogens is 370 g/mol. The first-order valence-electron chi connectivity index (χ1n) is 7.42. The zero-order valence-electron chi connectivity index (χ0n) is 12.9. The number of aromatic amines is 1. The van der Waals surface area contributed by atoms with Crippen LogP contribution in [0, 0.1) is 0 Å². The zero-order chi connectivity index (χ0) is 16.7. The van der Waals surface area contributed by atoms with E-state index in [1.165, 1.54) is 0 Å². The second-order valence-corrected chi connectivity index (χ2v) is 6.39. The number of ether oxygens (including phenoxy) is 1. The van der Waals surface area contributed by atoms with E-state index in [9.17, 15) is 5.11 Å². The maximum Gasteiger partial charge on any atom is 0.160 e. The molecule has 0 amide bonds. The number of aliphatic hydroxyl groups excluding tert-OH is 1. The number of halogens is 1. The minimum atomic E-state index is 0.166. The molecule has 0 saturated heterocycles. The summed E-state index contributed by atoms with van der Waals surface area (Å²) in [6, 6.07) is 13.4. The molecule has 0 fully saturated rings. The van der Waals surface area contributed by atoms with Crippen molar-refractivity contribution in [2.45, 2.75) is 0 Å². The van der Waals surface area contributed by atoms with E-state index < -0.39 is 0 Å². The molecular formula is C18H14BrN3O2. The van der Waals surface area contributed by atoms with Crippen molar-refractivity contribution in [3.63, 3.8) is 0 Å². The highest BCUT2D eigenvalue weighted by Crippen LogP contribution is 2.28. The fraction of sp³-hybridized carbons (Fsp3) is 0.111. The first-order chi connectivity index (χ1) is 11.7. The Morgan fingerprint density at radius 2 is 2.08 bits per heavy atom. The number of imidazole rings is 1. The summed E-state index contributed by atoms with van der Waals surface area (Å²) in [7, 11) is 1.62. The number of fused-ring (bicyclic) bond motifs is 1. The average molecular weight is 384 g/mol. The van der Waals surface area contributed by atoms with E-state index in [1.807, 2.05) is 42.5 Å². The molecule has 0 bridgehead atoms. The van der Waals surface area contributed by atoms with Gasteiger partial charge in [-0.2, -0.15) is 0 Å². The van der Waals surface area contributed by atoms with E-state index in [2.05, 4.69) is 30.9 Å². The molecule has 2 N–H and O–H groups in total. The van der Waals surface area contributed by atoms with Gasteiger partial charge in [0.05, 0.1) is 24.7 Å². The van der Waals surface area contributed by atoms with E-state index >= 15 is 0 Å². The summed E-state index contributed by atoms with van der Waals surface area (Å²) in [6.07, 6.45) is 0. The number of rotatable bonds is 3. The summed E-state index contributed by atoms with van der Waals surface area (Å²) in [6.45, 7) is 0.429. The van der Waals surface area contributed by atoms with Gasteiger partial charge in [0, 0.05) is 16.1 Å². The summed E-state index contributed by atoms with van der Waals surface area (Å²) >= 11 is 3.45. The van der Waals surface area contributed by atoms with Gasteiger partial charge in [0.2, 0.25) is 0 Å². The van der Waals surface area contributed by atoms with Crippen LogP contribution in [0.4, 0.5) is 0 Å². The van der Waals surface area contributed by atoms with Gasteiger partial charge in [-0.1, -0.05) is 28.1 Å². The average Bonchev–Trinajstić information content (AvgIpc) is 3.17. The molecule has 5 nitrogen and oxygen atoms in total. The van der Waals surface area contributed by atoms with Gasteiger partial charge in [-0.15, -0.1) is 0 Å². The van der Waals surface area contributed by atoms with Crippen molar-refractivity contribution in [3.8, 4) is 5.75 Å². The van der Waals surface area contributed by atoms with Crippen LogP contribution in [0.3, 0.4) is 0 Å². The molecule has 0 saturated carbocycles. The lowest BCUT2D eigenvalue weighted by atomic mass is 10.1. The van der Waals surface area contributed by atoms with Crippen LogP contribution >= 0.6 is 15.9 Å². The Labute approximate surface area is 146 Å². The van der Waals surface area contributed by atoms with E-state index in [0.717, 1.165) is 32.4 Å². The predicted octanol–water partition coefficient (Wildman–Crippen LogP) is 4.11. The van der Waals surface area contributed by atoms with Crippen molar-refractivity contribution in [1.82, 2.24) is 9.97 Å². The van der Waals surface area contributed by atoms with Crippen LogP contribution in [0.5, 0.6) is 5.75 Å². The van der Waals surface area contributed by atoms with Crippen LogP contribution in [0.2, 0.25) is 0 Å². The zero-order valence-corrected chi connectivity index (χ0v) is 14.5. The normalized spacial score (nSPS) is 14.3. The highest BCUT2D eigenvalue weighted by molar-refractivity contribution is 9.10. The first kappa shape index (κ1) is 15.0. The number of aliphatic imine (C=N–C) groups is 1. The molecule has 1 aliphatic heterocycles. The van der Waals surface area contributed by atoms with Gasteiger partial charge in [0.25, 0.3) is 0 Å². The summed E-state index contributed by atoms with van der Waals surface area (Å²) in [5.74, 6) is 1.47. The summed E-state index contributed by atoms with van der Waals surface area (Å²) < 4.78 is 6.19. The van der Waals surface area contributed by atoms with Gasteiger partial charge in [-0.25, -0.2) is 4.98 Å².